The summed E-state index contributed by atoms with van der Waals surface area (Å²) in [4.78, 5) is 17.9. The van der Waals surface area contributed by atoms with E-state index in [-0.39, 0.29) is 5.43 Å². The van der Waals surface area contributed by atoms with Crippen molar-refractivity contribution in [3.8, 4) is 11.5 Å². The number of fused-ring (bicyclic) bond motifs is 4. The zero-order chi connectivity index (χ0) is 32.2. The highest BCUT2D eigenvalue weighted by molar-refractivity contribution is 7.99. The van der Waals surface area contributed by atoms with Gasteiger partial charge in [0.1, 0.15) is 11.5 Å². The summed E-state index contributed by atoms with van der Waals surface area (Å²) in [5, 5.41) is 1.66. The Labute approximate surface area is 281 Å². The fourth-order valence-electron chi connectivity index (χ4n) is 6.55. The highest BCUT2D eigenvalue weighted by atomic mass is 32.2. The maximum absolute atomic E-state index is 12.7. The Morgan fingerprint density at radius 3 is 2.13 bits per heavy atom. The Morgan fingerprint density at radius 2 is 1.41 bits per heavy atom. The van der Waals surface area contributed by atoms with E-state index < -0.39 is 0 Å². The first-order chi connectivity index (χ1) is 22.4. The molecule has 0 radical (unpaired) electrons. The molecule has 2 aliphatic heterocycles. The van der Waals surface area contributed by atoms with Crippen LogP contribution in [0.15, 0.2) is 93.0 Å². The third-order valence-corrected chi connectivity index (χ3v) is 11.1. The van der Waals surface area contributed by atoms with Crippen LogP contribution >= 0.6 is 23.1 Å². The fourth-order valence-corrected chi connectivity index (χ4v) is 8.88. The topological polar surface area (TPSA) is 38.8 Å². The van der Waals surface area contributed by atoms with Gasteiger partial charge in [0.05, 0.1) is 13.2 Å². The molecule has 3 heterocycles. The molecule has 5 aromatic rings. The van der Waals surface area contributed by atoms with E-state index in [1.807, 2.05) is 62.0 Å². The molecule has 0 N–H and O–H groups in total. The molecule has 0 amide bonds. The number of hydrogen-bond acceptors (Lipinski definition) is 6. The quantitative estimate of drug-likeness (QED) is 0.168. The van der Waals surface area contributed by atoms with Crippen molar-refractivity contribution in [3.05, 3.63) is 111 Å². The summed E-state index contributed by atoms with van der Waals surface area (Å²) >= 11 is 3.55. The van der Waals surface area contributed by atoms with E-state index >= 15 is 0 Å². The van der Waals surface area contributed by atoms with E-state index in [4.69, 9.17) is 9.47 Å². The van der Waals surface area contributed by atoms with Gasteiger partial charge in [0.15, 0.2) is 5.43 Å². The highest BCUT2D eigenvalue weighted by Gasteiger charge is 2.27. The van der Waals surface area contributed by atoms with Crippen LogP contribution in [0.2, 0.25) is 0 Å². The Hall–Kier alpha value is -3.58. The third kappa shape index (κ3) is 6.48. The summed E-state index contributed by atoms with van der Waals surface area (Å²) < 4.78 is 13.3. The van der Waals surface area contributed by atoms with E-state index in [2.05, 4.69) is 62.2 Å². The lowest BCUT2D eigenvalue weighted by Crippen LogP contribution is -2.27. The van der Waals surface area contributed by atoms with Crippen molar-refractivity contribution >= 4 is 48.8 Å². The van der Waals surface area contributed by atoms with Crippen molar-refractivity contribution < 1.29 is 9.47 Å². The Balaban J connectivity index is 0.000000167. The van der Waals surface area contributed by atoms with Crippen LogP contribution in [0.1, 0.15) is 62.8 Å². The van der Waals surface area contributed by atoms with Crippen LogP contribution in [0.5, 0.6) is 11.5 Å². The molecule has 4 nitrogen and oxygen atoms in total. The number of benzene rings is 4. The van der Waals surface area contributed by atoms with Crippen molar-refractivity contribution in [1.29, 1.82) is 0 Å². The van der Waals surface area contributed by atoms with Gasteiger partial charge in [0.25, 0.3) is 0 Å². The zero-order valence-electron chi connectivity index (χ0n) is 27.6. The van der Waals surface area contributed by atoms with Crippen LogP contribution in [0, 0.1) is 0 Å². The first-order valence-corrected chi connectivity index (χ1v) is 18.2. The second-order valence-electron chi connectivity index (χ2n) is 11.8. The minimum absolute atomic E-state index is 0.134. The first kappa shape index (κ1) is 32.4. The molecule has 0 saturated carbocycles. The molecule has 1 fully saturated rings. The monoisotopic (exact) mass is 649 g/mol. The molecular weight excluding hydrogens is 607 g/mol. The van der Waals surface area contributed by atoms with Crippen molar-refractivity contribution in [2.45, 2.75) is 63.2 Å². The van der Waals surface area contributed by atoms with Gasteiger partial charge in [-0.25, -0.2) is 0 Å². The molecule has 46 heavy (non-hydrogen) atoms. The zero-order valence-corrected chi connectivity index (χ0v) is 29.2. The number of likely N-dealkylation sites (tertiary alicyclic amines) is 1. The second-order valence-corrected chi connectivity index (χ2v) is 14.0. The summed E-state index contributed by atoms with van der Waals surface area (Å²) in [6.45, 7) is 12.0. The van der Waals surface area contributed by atoms with Crippen molar-refractivity contribution in [1.82, 2.24) is 4.90 Å². The maximum Gasteiger partial charge on any atom is 0.196 e. The minimum atomic E-state index is 0.134. The Morgan fingerprint density at radius 1 is 0.739 bits per heavy atom. The lowest BCUT2D eigenvalue weighted by molar-refractivity contribution is 0.313. The second kappa shape index (κ2) is 14.5. The van der Waals surface area contributed by atoms with E-state index in [1.54, 1.807) is 16.9 Å². The van der Waals surface area contributed by atoms with Gasteiger partial charge in [-0.15, -0.1) is 11.3 Å². The fraction of sp³-hybridized carbons (Fsp3) is 0.325. The molecule has 0 spiro atoms. The van der Waals surface area contributed by atoms with Gasteiger partial charge in [-0.05, 0) is 123 Å². The van der Waals surface area contributed by atoms with Gasteiger partial charge in [-0.1, -0.05) is 55.4 Å². The molecule has 0 atom stereocenters. The molecule has 6 heteroatoms. The Kier molecular flexibility index (Phi) is 10.2. The lowest BCUT2D eigenvalue weighted by Gasteiger charge is -2.31. The summed E-state index contributed by atoms with van der Waals surface area (Å²) in [6.07, 6.45) is 4.29. The molecule has 2 aliphatic rings. The Bertz CT molecular complexity index is 1970. The molecule has 7 rings (SSSR count). The van der Waals surface area contributed by atoms with Crippen LogP contribution in [0.25, 0.3) is 25.7 Å². The van der Waals surface area contributed by atoms with Gasteiger partial charge >= 0.3 is 0 Å². The van der Waals surface area contributed by atoms with E-state index in [9.17, 15) is 4.79 Å². The van der Waals surface area contributed by atoms with Crippen LogP contribution in [-0.4, -0.2) is 38.3 Å². The molecule has 0 bridgehead atoms. The summed E-state index contributed by atoms with van der Waals surface area (Å²) in [7, 11) is 2.23. The number of hydrogen-bond donors (Lipinski definition) is 0. The highest BCUT2D eigenvalue weighted by Crippen LogP contribution is 2.50. The largest absolute Gasteiger partial charge is 0.494 e. The number of ether oxygens (including phenoxy) is 2. The van der Waals surface area contributed by atoms with E-state index in [0.29, 0.717) is 13.2 Å². The van der Waals surface area contributed by atoms with E-state index in [0.717, 1.165) is 63.2 Å². The number of nitrogens with zero attached hydrogens (tertiary/aromatic N) is 1. The summed E-state index contributed by atoms with van der Waals surface area (Å²) in [5.41, 5.74) is 8.73. The summed E-state index contributed by atoms with van der Waals surface area (Å²) in [6, 6.07) is 25.2. The predicted molar refractivity (Wildman–Crippen MR) is 196 cm³/mol. The van der Waals surface area contributed by atoms with Gasteiger partial charge in [0, 0.05) is 43.1 Å². The smallest absolute Gasteiger partial charge is 0.196 e. The molecule has 0 unspecified atom stereocenters. The molecule has 1 aromatic heterocycles. The first-order valence-electron chi connectivity index (χ1n) is 16.5. The van der Waals surface area contributed by atoms with Crippen LogP contribution in [0.4, 0.5) is 0 Å². The number of piperidine rings is 1. The lowest BCUT2D eigenvalue weighted by atomic mass is 9.85. The molecular formula is C40H43NO3S2. The average Bonchev–Trinajstić information content (AvgIpc) is 3.07. The normalized spacial score (nSPS) is 14.5. The van der Waals surface area contributed by atoms with Crippen LogP contribution in [0.3, 0.4) is 0 Å². The predicted octanol–water partition coefficient (Wildman–Crippen LogP) is 10.0. The molecule has 1 saturated heterocycles. The summed E-state index contributed by atoms with van der Waals surface area (Å²) in [5.74, 6) is 1.79. The van der Waals surface area contributed by atoms with Crippen molar-refractivity contribution in [3.63, 3.8) is 0 Å². The van der Waals surface area contributed by atoms with E-state index in [1.165, 1.54) is 44.9 Å². The van der Waals surface area contributed by atoms with Gasteiger partial charge in [0.2, 0.25) is 0 Å². The minimum Gasteiger partial charge on any atom is -0.494 e. The van der Waals surface area contributed by atoms with Gasteiger partial charge in [-0.2, -0.15) is 0 Å². The molecule has 0 aliphatic carbocycles. The van der Waals surface area contributed by atoms with Crippen LogP contribution in [-0.2, 0) is 12.8 Å². The molecule has 4 aromatic carbocycles. The van der Waals surface area contributed by atoms with Gasteiger partial charge < -0.3 is 14.4 Å². The SMILES string of the molecule is CCOc1ccc2c(=O)c3c(CC)cccc3sc2c1.CCOc1ccc2c(c1)Sc1cccc(CC)c1C2=C1CCN(C)CC1. The number of aryl methyl sites for hydroxylation is 2. The standard InChI is InChI=1S/C23H27NOS.C17H16O2S/c1-4-16-7-6-8-20-23(16)22(17-11-13-24(3)14-12-17)19-10-9-18(25-5-2)15-21(19)26-20;1-3-11-6-5-7-14-16(11)17(18)13-9-8-12(19-4-2)10-15(13)20-14/h6-10,15H,4-5,11-14H2,1-3H3;5-10H,3-4H2,1-2H3. The maximum atomic E-state index is 12.7. The average molecular weight is 650 g/mol. The third-order valence-electron chi connectivity index (χ3n) is 8.89. The van der Waals surface area contributed by atoms with Crippen molar-refractivity contribution in [2.24, 2.45) is 0 Å². The molecule has 238 valence electrons. The number of rotatable bonds is 6. The van der Waals surface area contributed by atoms with Crippen molar-refractivity contribution in [2.75, 3.05) is 33.4 Å². The van der Waals surface area contributed by atoms with Gasteiger partial charge in [-0.3, -0.25) is 4.79 Å². The van der Waals surface area contributed by atoms with Crippen LogP contribution < -0.4 is 14.9 Å².